The molecule has 104 valence electrons. The van der Waals surface area contributed by atoms with Gasteiger partial charge in [-0.2, -0.15) is 0 Å². The molecule has 0 radical (unpaired) electrons. The first kappa shape index (κ1) is 15.0. The summed E-state index contributed by atoms with van der Waals surface area (Å²) in [4.78, 5) is 27.5. The van der Waals surface area contributed by atoms with Crippen molar-refractivity contribution in [1.29, 1.82) is 0 Å². The van der Waals surface area contributed by atoms with Gasteiger partial charge in [-0.1, -0.05) is 13.8 Å². The highest BCUT2D eigenvalue weighted by molar-refractivity contribution is 5.94. The minimum Gasteiger partial charge on any atom is -0.343 e. The maximum absolute atomic E-state index is 12.1. The number of hydrogen-bond donors (Lipinski definition) is 1. The average molecular weight is 255 g/mol. The molecule has 2 amide bonds. The molecule has 0 aromatic heterocycles. The third kappa shape index (κ3) is 4.29. The van der Waals surface area contributed by atoms with Crippen LogP contribution in [-0.2, 0) is 9.59 Å². The minimum atomic E-state index is -0.347. The Morgan fingerprint density at radius 1 is 1.33 bits per heavy atom. The Morgan fingerprint density at radius 3 is 2.56 bits per heavy atom. The van der Waals surface area contributed by atoms with Crippen LogP contribution >= 0.6 is 0 Å². The van der Waals surface area contributed by atoms with Crippen molar-refractivity contribution in [3.8, 4) is 0 Å². The van der Waals surface area contributed by atoms with Gasteiger partial charge in [0, 0.05) is 6.54 Å². The van der Waals surface area contributed by atoms with Crippen molar-refractivity contribution in [3.63, 3.8) is 0 Å². The lowest BCUT2D eigenvalue weighted by Crippen LogP contribution is -2.59. The molecule has 0 spiro atoms. The quantitative estimate of drug-likeness (QED) is 0.695. The van der Waals surface area contributed by atoms with Gasteiger partial charge in [-0.25, -0.2) is 0 Å². The molecule has 0 saturated carbocycles. The van der Waals surface area contributed by atoms with Gasteiger partial charge < -0.3 is 15.1 Å². The fraction of sp³-hybridized carbons (Fsp3) is 0.846. The zero-order valence-electron chi connectivity index (χ0n) is 11.9. The molecule has 1 heterocycles. The number of amides is 2. The van der Waals surface area contributed by atoms with Crippen LogP contribution in [0.5, 0.6) is 0 Å². The molecule has 1 fully saturated rings. The van der Waals surface area contributed by atoms with Crippen LogP contribution in [0.25, 0.3) is 0 Å². The normalized spacial score (nSPS) is 20.8. The Morgan fingerprint density at radius 2 is 2.00 bits per heavy atom. The number of piperazine rings is 1. The zero-order valence-corrected chi connectivity index (χ0v) is 11.9. The number of hydrogen-bond acceptors (Lipinski definition) is 3. The van der Waals surface area contributed by atoms with Crippen LogP contribution in [0.15, 0.2) is 0 Å². The van der Waals surface area contributed by atoms with Crippen molar-refractivity contribution in [3.05, 3.63) is 0 Å². The van der Waals surface area contributed by atoms with Crippen molar-refractivity contribution in [2.75, 3.05) is 33.7 Å². The standard InChI is InChI=1S/C13H25N3O2/c1-10(2)12-13(18)16(9-11(17)14-12)8-6-5-7-15(3)4/h10,12H,5-9H2,1-4H3,(H,14,17). The smallest absolute Gasteiger partial charge is 0.245 e. The SMILES string of the molecule is CC(C)C1NC(=O)CN(CCCCN(C)C)C1=O. The first-order chi connectivity index (χ1) is 8.41. The van der Waals surface area contributed by atoms with E-state index in [-0.39, 0.29) is 30.3 Å². The van der Waals surface area contributed by atoms with Gasteiger partial charge in [-0.3, -0.25) is 9.59 Å². The summed E-state index contributed by atoms with van der Waals surface area (Å²) in [5.41, 5.74) is 0. The first-order valence-corrected chi connectivity index (χ1v) is 6.64. The van der Waals surface area contributed by atoms with Gasteiger partial charge in [0.2, 0.25) is 11.8 Å². The van der Waals surface area contributed by atoms with Crippen molar-refractivity contribution < 1.29 is 9.59 Å². The highest BCUT2D eigenvalue weighted by atomic mass is 16.2. The molecule has 5 heteroatoms. The van der Waals surface area contributed by atoms with E-state index in [9.17, 15) is 9.59 Å². The first-order valence-electron chi connectivity index (χ1n) is 6.64. The van der Waals surface area contributed by atoms with Gasteiger partial charge in [0.05, 0.1) is 6.54 Å². The predicted molar refractivity (Wildman–Crippen MR) is 71.1 cm³/mol. The summed E-state index contributed by atoms with van der Waals surface area (Å²) in [6.07, 6.45) is 1.99. The van der Waals surface area contributed by atoms with E-state index in [1.165, 1.54) is 0 Å². The molecule has 18 heavy (non-hydrogen) atoms. The number of carbonyl (C=O) groups is 2. The van der Waals surface area contributed by atoms with Crippen molar-refractivity contribution >= 4 is 11.8 Å². The summed E-state index contributed by atoms with van der Waals surface area (Å²) in [7, 11) is 4.07. The molecule has 1 N–H and O–H groups in total. The van der Waals surface area contributed by atoms with E-state index in [0.717, 1.165) is 19.4 Å². The lowest BCUT2D eigenvalue weighted by atomic mass is 10.0. The highest BCUT2D eigenvalue weighted by Gasteiger charge is 2.33. The van der Waals surface area contributed by atoms with Gasteiger partial charge >= 0.3 is 0 Å². The molecule has 0 aromatic rings. The third-order valence-electron chi connectivity index (χ3n) is 3.18. The van der Waals surface area contributed by atoms with Crippen molar-refractivity contribution in [2.45, 2.75) is 32.7 Å². The van der Waals surface area contributed by atoms with E-state index >= 15 is 0 Å². The Bertz CT molecular complexity index is 303. The molecule has 1 unspecified atom stereocenters. The Hall–Kier alpha value is -1.10. The number of unbranched alkanes of at least 4 members (excludes halogenated alkanes) is 1. The molecule has 1 aliphatic rings. The van der Waals surface area contributed by atoms with Crippen molar-refractivity contribution in [2.24, 2.45) is 5.92 Å². The average Bonchev–Trinajstić information content (AvgIpc) is 2.27. The van der Waals surface area contributed by atoms with Crippen LogP contribution in [0.4, 0.5) is 0 Å². The van der Waals surface area contributed by atoms with Crippen LogP contribution < -0.4 is 5.32 Å². The predicted octanol–water partition coefficient (Wildman–Crippen LogP) is 0.311. The Balaban J connectivity index is 2.43. The molecular formula is C13H25N3O2. The molecule has 0 aliphatic carbocycles. The lowest BCUT2D eigenvalue weighted by Gasteiger charge is -2.34. The second-order valence-corrected chi connectivity index (χ2v) is 5.56. The molecule has 1 rings (SSSR count). The van der Waals surface area contributed by atoms with E-state index in [4.69, 9.17) is 0 Å². The van der Waals surface area contributed by atoms with Gasteiger partial charge in [-0.05, 0) is 39.4 Å². The minimum absolute atomic E-state index is 0.0408. The third-order valence-corrected chi connectivity index (χ3v) is 3.18. The topological polar surface area (TPSA) is 52.7 Å². The highest BCUT2D eigenvalue weighted by Crippen LogP contribution is 2.11. The summed E-state index contributed by atoms with van der Waals surface area (Å²) in [5.74, 6) is 0.168. The van der Waals surface area contributed by atoms with Gasteiger partial charge in [0.25, 0.3) is 0 Å². The molecule has 5 nitrogen and oxygen atoms in total. The second-order valence-electron chi connectivity index (χ2n) is 5.56. The molecule has 1 aliphatic heterocycles. The van der Waals surface area contributed by atoms with Crippen molar-refractivity contribution in [1.82, 2.24) is 15.1 Å². The molecular weight excluding hydrogens is 230 g/mol. The summed E-state index contributed by atoms with van der Waals surface area (Å²) in [5, 5.41) is 2.77. The fourth-order valence-corrected chi connectivity index (χ4v) is 2.10. The maximum atomic E-state index is 12.1. The lowest BCUT2D eigenvalue weighted by molar-refractivity contribution is -0.145. The van der Waals surface area contributed by atoms with Crippen LogP contribution in [-0.4, -0.2) is 61.4 Å². The summed E-state index contributed by atoms with van der Waals surface area (Å²) in [6, 6.07) is -0.347. The van der Waals surface area contributed by atoms with Gasteiger partial charge in [-0.15, -0.1) is 0 Å². The molecule has 1 saturated heterocycles. The number of carbonyl (C=O) groups excluding carboxylic acids is 2. The largest absolute Gasteiger partial charge is 0.343 e. The zero-order chi connectivity index (χ0) is 13.7. The fourth-order valence-electron chi connectivity index (χ4n) is 2.10. The van der Waals surface area contributed by atoms with E-state index in [1.807, 2.05) is 27.9 Å². The van der Waals surface area contributed by atoms with Gasteiger partial charge in [0.15, 0.2) is 0 Å². The van der Waals surface area contributed by atoms with Crippen LogP contribution in [0.1, 0.15) is 26.7 Å². The van der Waals surface area contributed by atoms with Crippen LogP contribution in [0, 0.1) is 5.92 Å². The van der Waals surface area contributed by atoms with E-state index in [2.05, 4.69) is 10.2 Å². The molecule has 0 aromatic carbocycles. The van der Waals surface area contributed by atoms with Crippen LogP contribution in [0.2, 0.25) is 0 Å². The maximum Gasteiger partial charge on any atom is 0.245 e. The summed E-state index contributed by atoms with van der Waals surface area (Å²) < 4.78 is 0. The molecule has 0 bridgehead atoms. The molecule has 1 atom stereocenters. The number of nitrogens with zero attached hydrogens (tertiary/aromatic N) is 2. The Kier molecular flexibility index (Phi) is 5.59. The van der Waals surface area contributed by atoms with E-state index in [0.29, 0.717) is 6.54 Å². The second kappa shape index (κ2) is 6.73. The summed E-state index contributed by atoms with van der Waals surface area (Å²) >= 11 is 0. The summed E-state index contributed by atoms with van der Waals surface area (Å²) in [6.45, 7) is 5.83. The van der Waals surface area contributed by atoms with Crippen LogP contribution in [0.3, 0.4) is 0 Å². The van der Waals surface area contributed by atoms with E-state index in [1.54, 1.807) is 4.90 Å². The number of nitrogens with one attached hydrogen (secondary N) is 1. The van der Waals surface area contributed by atoms with E-state index < -0.39 is 0 Å². The van der Waals surface area contributed by atoms with Gasteiger partial charge in [0.1, 0.15) is 6.04 Å². The number of rotatable bonds is 6. The monoisotopic (exact) mass is 255 g/mol. The Labute approximate surface area is 110 Å².